The Balaban J connectivity index is 2.41. The molecule has 0 bridgehead atoms. The number of sulfone groups is 1. The summed E-state index contributed by atoms with van der Waals surface area (Å²) in [5, 5.41) is 11.4. The van der Waals surface area contributed by atoms with Crippen LogP contribution in [0.5, 0.6) is 0 Å². The van der Waals surface area contributed by atoms with E-state index in [9.17, 15) is 8.42 Å². The summed E-state index contributed by atoms with van der Waals surface area (Å²) in [6.45, 7) is 1.28. The Bertz CT molecular complexity index is 542. The van der Waals surface area contributed by atoms with Crippen LogP contribution in [0.2, 0.25) is 0 Å². The number of rotatable bonds is 2. The highest BCUT2D eigenvalue weighted by Gasteiger charge is 2.31. The second kappa shape index (κ2) is 4.82. The van der Waals surface area contributed by atoms with E-state index in [2.05, 4.69) is 10.3 Å². The van der Waals surface area contributed by atoms with Crippen LogP contribution in [0.3, 0.4) is 0 Å². The highest BCUT2D eigenvalue weighted by Crippen LogP contribution is 2.21. The summed E-state index contributed by atoms with van der Waals surface area (Å²) in [7, 11) is -3.50. The van der Waals surface area contributed by atoms with Crippen molar-refractivity contribution in [2.24, 2.45) is 0 Å². The average molecular weight is 251 g/mol. The molecule has 0 amide bonds. The molecule has 90 valence electrons. The lowest BCUT2D eigenvalue weighted by atomic mass is 10.2. The number of nitrogens with one attached hydrogen (secondary N) is 1. The molecule has 1 atom stereocenters. The third-order valence-corrected chi connectivity index (χ3v) is 5.00. The Morgan fingerprint density at radius 2 is 2.35 bits per heavy atom. The maximum Gasteiger partial charge on any atom is 0.201 e. The van der Waals surface area contributed by atoms with Crippen LogP contribution in [0.15, 0.2) is 23.4 Å². The minimum Gasteiger partial charge on any atom is -0.315 e. The van der Waals surface area contributed by atoms with Gasteiger partial charge in [0.15, 0.2) is 5.03 Å². The number of nitrogens with zero attached hydrogens (tertiary/aromatic N) is 2. The van der Waals surface area contributed by atoms with Gasteiger partial charge in [0, 0.05) is 12.7 Å². The molecular formula is C11H13N3O2S. The van der Waals surface area contributed by atoms with Gasteiger partial charge in [-0.15, -0.1) is 0 Å². The molecule has 1 aromatic heterocycles. The fourth-order valence-electron chi connectivity index (χ4n) is 1.95. The zero-order valence-corrected chi connectivity index (χ0v) is 10.1. The maximum absolute atomic E-state index is 12.3. The molecular weight excluding hydrogens is 238 g/mol. The first-order valence-corrected chi connectivity index (χ1v) is 7.00. The zero-order valence-electron chi connectivity index (χ0n) is 9.26. The first-order chi connectivity index (χ1) is 8.16. The fourth-order valence-corrected chi connectivity index (χ4v) is 3.70. The van der Waals surface area contributed by atoms with Gasteiger partial charge >= 0.3 is 0 Å². The molecule has 17 heavy (non-hydrogen) atoms. The lowest BCUT2D eigenvalue weighted by molar-refractivity contribution is 0.495. The Kier molecular flexibility index (Phi) is 3.41. The topological polar surface area (TPSA) is 82.8 Å². The van der Waals surface area contributed by atoms with Gasteiger partial charge in [-0.2, -0.15) is 5.26 Å². The Labute approximate surface area is 100 Å². The summed E-state index contributed by atoms with van der Waals surface area (Å²) in [5.74, 6) is 0. The lowest BCUT2D eigenvalue weighted by Crippen LogP contribution is -2.39. The summed E-state index contributed by atoms with van der Waals surface area (Å²) < 4.78 is 24.6. The molecule has 1 saturated heterocycles. The highest BCUT2D eigenvalue weighted by molar-refractivity contribution is 7.92. The smallest absolute Gasteiger partial charge is 0.201 e. The number of aromatic nitrogens is 1. The summed E-state index contributed by atoms with van der Waals surface area (Å²) in [6.07, 6.45) is 2.86. The maximum atomic E-state index is 12.3. The lowest BCUT2D eigenvalue weighted by Gasteiger charge is -2.22. The monoisotopic (exact) mass is 251 g/mol. The third-order valence-electron chi connectivity index (χ3n) is 2.85. The number of piperidine rings is 1. The van der Waals surface area contributed by atoms with Crippen molar-refractivity contribution < 1.29 is 8.42 Å². The Hall–Kier alpha value is -1.45. The van der Waals surface area contributed by atoms with Crippen LogP contribution in [0.25, 0.3) is 0 Å². The molecule has 0 aliphatic carbocycles. The summed E-state index contributed by atoms with van der Waals surface area (Å²) in [5.41, 5.74) is 0.123. The van der Waals surface area contributed by atoms with Crippen LogP contribution >= 0.6 is 0 Å². The van der Waals surface area contributed by atoms with Crippen LogP contribution in [-0.2, 0) is 9.84 Å². The number of hydrogen-bond donors (Lipinski definition) is 1. The van der Waals surface area contributed by atoms with E-state index in [4.69, 9.17) is 5.26 Å². The van der Waals surface area contributed by atoms with Gasteiger partial charge in [0.25, 0.3) is 0 Å². The van der Waals surface area contributed by atoms with Crippen molar-refractivity contribution in [2.45, 2.75) is 23.1 Å². The van der Waals surface area contributed by atoms with Gasteiger partial charge in [-0.1, -0.05) is 0 Å². The Morgan fingerprint density at radius 1 is 1.53 bits per heavy atom. The van der Waals surface area contributed by atoms with Crippen molar-refractivity contribution in [3.63, 3.8) is 0 Å². The molecule has 0 aromatic carbocycles. The van der Waals surface area contributed by atoms with Gasteiger partial charge in [-0.05, 0) is 31.5 Å². The predicted molar refractivity (Wildman–Crippen MR) is 62.0 cm³/mol. The van der Waals surface area contributed by atoms with E-state index in [-0.39, 0.29) is 10.6 Å². The predicted octanol–water partition coefficient (Wildman–Crippen LogP) is 0.479. The molecule has 0 unspecified atom stereocenters. The fraction of sp³-hybridized carbons (Fsp3) is 0.455. The normalized spacial score (nSPS) is 20.8. The SMILES string of the molecule is N#Cc1cccnc1S(=O)(=O)[C@@H]1CCCNC1. The first kappa shape index (κ1) is 12.0. The molecule has 2 rings (SSSR count). The van der Waals surface area contributed by atoms with E-state index in [1.165, 1.54) is 12.3 Å². The van der Waals surface area contributed by atoms with E-state index in [0.717, 1.165) is 13.0 Å². The highest BCUT2D eigenvalue weighted by atomic mass is 32.2. The molecule has 1 aliphatic rings. The van der Waals surface area contributed by atoms with Gasteiger partial charge in [0.05, 0.1) is 10.8 Å². The molecule has 1 aromatic rings. The van der Waals surface area contributed by atoms with Crippen LogP contribution in [-0.4, -0.2) is 31.7 Å². The second-order valence-electron chi connectivity index (χ2n) is 3.98. The molecule has 2 heterocycles. The zero-order chi connectivity index (χ0) is 12.3. The summed E-state index contributed by atoms with van der Waals surface area (Å²) in [4.78, 5) is 3.86. The minimum absolute atomic E-state index is 0.0869. The van der Waals surface area contributed by atoms with Crippen molar-refractivity contribution in [1.82, 2.24) is 10.3 Å². The molecule has 5 nitrogen and oxygen atoms in total. The molecule has 0 spiro atoms. The van der Waals surface area contributed by atoms with Crippen LogP contribution < -0.4 is 5.32 Å². The standard InChI is InChI=1S/C11H13N3O2S/c12-7-9-3-1-6-14-11(9)17(15,16)10-4-2-5-13-8-10/h1,3,6,10,13H,2,4-5,8H2/t10-/m1/s1. The second-order valence-corrected chi connectivity index (χ2v) is 6.12. The van der Waals surface area contributed by atoms with Crippen molar-refractivity contribution in [1.29, 1.82) is 5.26 Å². The van der Waals surface area contributed by atoms with Gasteiger partial charge < -0.3 is 5.32 Å². The van der Waals surface area contributed by atoms with Crippen LogP contribution in [0.1, 0.15) is 18.4 Å². The first-order valence-electron chi connectivity index (χ1n) is 5.46. The third kappa shape index (κ3) is 2.30. The molecule has 0 radical (unpaired) electrons. The Morgan fingerprint density at radius 3 is 3.00 bits per heavy atom. The van der Waals surface area contributed by atoms with Crippen molar-refractivity contribution in [3.05, 3.63) is 23.9 Å². The van der Waals surface area contributed by atoms with E-state index in [0.29, 0.717) is 13.0 Å². The molecule has 1 N–H and O–H groups in total. The number of hydrogen-bond acceptors (Lipinski definition) is 5. The van der Waals surface area contributed by atoms with Gasteiger partial charge in [0.2, 0.25) is 9.84 Å². The summed E-state index contributed by atoms with van der Waals surface area (Å²) in [6, 6.07) is 4.93. The summed E-state index contributed by atoms with van der Waals surface area (Å²) >= 11 is 0. The van der Waals surface area contributed by atoms with Gasteiger partial charge in [0.1, 0.15) is 6.07 Å². The van der Waals surface area contributed by atoms with Gasteiger partial charge in [-0.25, -0.2) is 13.4 Å². The minimum atomic E-state index is -3.50. The molecule has 1 fully saturated rings. The number of pyridine rings is 1. The quantitative estimate of drug-likeness (QED) is 0.826. The van der Waals surface area contributed by atoms with Crippen LogP contribution in [0, 0.1) is 11.3 Å². The van der Waals surface area contributed by atoms with Crippen molar-refractivity contribution in [3.8, 4) is 6.07 Å². The van der Waals surface area contributed by atoms with E-state index in [1.54, 1.807) is 6.07 Å². The van der Waals surface area contributed by atoms with E-state index in [1.807, 2.05) is 6.07 Å². The number of nitriles is 1. The molecule has 0 saturated carbocycles. The van der Waals surface area contributed by atoms with Gasteiger partial charge in [-0.3, -0.25) is 0 Å². The van der Waals surface area contributed by atoms with E-state index < -0.39 is 15.1 Å². The largest absolute Gasteiger partial charge is 0.315 e. The van der Waals surface area contributed by atoms with Crippen molar-refractivity contribution >= 4 is 9.84 Å². The molecule has 1 aliphatic heterocycles. The average Bonchev–Trinajstić information content (AvgIpc) is 2.39. The van der Waals surface area contributed by atoms with Crippen LogP contribution in [0.4, 0.5) is 0 Å². The van der Waals surface area contributed by atoms with E-state index >= 15 is 0 Å². The van der Waals surface area contributed by atoms with Crippen molar-refractivity contribution in [2.75, 3.05) is 13.1 Å². The molecule has 6 heteroatoms.